The topological polar surface area (TPSA) is 59.7 Å². The first-order valence-corrected chi connectivity index (χ1v) is 7.76. The average molecular weight is 314 g/mol. The van der Waals surface area contributed by atoms with E-state index in [-0.39, 0.29) is 11.7 Å². The van der Waals surface area contributed by atoms with Crippen LogP contribution in [0.1, 0.15) is 38.8 Å². The van der Waals surface area contributed by atoms with Crippen LogP contribution in [0.25, 0.3) is 11.0 Å². The fourth-order valence-electron chi connectivity index (χ4n) is 2.81. The van der Waals surface area contributed by atoms with Crippen molar-refractivity contribution < 1.29 is 14.3 Å². The van der Waals surface area contributed by atoms with Gasteiger partial charge in [0.2, 0.25) is 0 Å². The first-order chi connectivity index (χ1) is 10.6. The monoisotopic (exact) mass is 314 g/mol. The molecule has 1 aromatic heterocycles. The molecule has 0 radical (unpaired) electrons. The van der Waals surface area contributed by atoms with Gasteiger partial charge in [-0.05, 0) is 31.5 Å². The molecule has 1 atom stereocenters. The van der Waals surface area contributed by atoms with Crippen molar-refractivity contribution in [3.8, 4) is 5.75 Å². The van der Waals surface area contributed by atoms with Crippen LogP contribution in [0.2, 0.25) is 0 Å². The van der Waals surface area contributed by atoms with Crippen molar-refractivity contribution in [2.24, 2.45) is 0 Å². The lowest BCUT2D eigenvalue weighted by atomic mass is 9.85. The molecular weight excluding hydrogens is 292 g/mol. The number of allylic oxidation sites excluding steroid dienone is 1. The minimum absolute atomic E-state index is 0.301. The van der Waals surface area contributed by atoms with Crippen LogP contribution in [-0.4, -0.2) is 16.8 Å². The van der Waals surface area contributed by atoms with Crippen LogP contribution >= 0.6 is 0 Å². The van der Waals surface area contributed by atoms with Crippen molar-refractivity contribution in [1.29, 1.82) is 0 Å². The highest BCUT2D eigenvalue weighted by atomic mass is 16.5. The van der Waals surface area contributed by atoms with Crippen molar-refractivity contribution in [2.75, 3.05) is 0 Å². The van der Waals surface area contributed by atoms with E-state index in [1.807, 2.05) is 26.0 Å². The normalized spacial score (nSPS) is 17.9. The van der Waals surface area contributed by atoms with Crippen molar-refractivity contribution in [3.63, 3.8) is 0 Å². The zero-order valence-corrected chi connectivity index (χ0v) is 14.0. The molecule has 4 heteroatoms. The summed E-state index contributed by atoms with van der Waals surface area (Å²) in [6, 6.07) is 5.57. The minimum atomic E-state index is -0.929. The predicted octanol–water partition coefficient (Wildman–Crippen LogP) is 3.33. The Morgan fingerprint density at radius 3 is 2.57 bits per heavy atom. The number of aliphatic hydroxyl groups is 1. The van der Waals surface area contributed by atoms with Crippen molar-refractivity contribution in [3.05, 3.63) is 52.4 Å². The summed E-state index contributed by atoms with van der Waals surface area (Å²) in [7, 11) is 0. The number of hydrogen-bond acceptors (Lipinski definition) is 4. The van der Waals surface area contributed by atoms with Crippen molar-refractivity contribution in [1.82, 2.24) is 0 Å². The molecule has 3 rings (SSSR count). The first kappa shape index (κ1) is 15.8. The maximum atomic E-state index is 12.3. The highest BCUT2D eigenvalue weighted by molar-refractivity contribution is 5.80. The number of rotatable bonds is 3. The average Bonchev–Trinajstić information content (AvgIpc) is 2.87. The van der Waals surface area contributed by atoms with Crippen LogP contribution in [0, 0.1) is 0 Å². The summed E-state index contributed by atoms with van der Waals surface area (Å²) in [5.74, 6) is 0.670. The van der Waals surface area contributed by atoms with Gasteiger partial charge in [0.1, 0.15) is 17.4 Å². The van der Waals surface area contributed by atoms with Gasteiger partial charge in [-0.3, -0.25) is 0 Å². The Bertz CT molecular complexity index is 837. The molecule has 122 valence electrons. The van der Waals surface area contributed by atoms with E-state index in [1.165, 1.54) is 0 Å². The summed E-state index contributed by atoms with van der Waals surface area (Å²) in [4.78, 5) is 12.3. The molecule has 23 heavy (non-hydrogen) atoms. The zero-order chi connectivity index (χ0) is 17.0. The van der Waals surface area contributed by atoms with Gasteiger partial charge in [-0.2, -0.15) is 0 Å². The van der Waals surface area contributed by atoms with Crippen LogP contribution < -0.4 is 10.4 Å². The van der Waals surface area contributed by atoms with Gasteiger partial charge in [0.05, 0.1) is 5.60 Å². The SMILES string of the molecule is C=CC(C)(C)c1cc2cc3c(cc2oc1=O)O[C@@H](C(C)(C)O)C3. The molecule has 0 spiro atoms. The van der Waals surface area contributed by atoms with E-state index in [2.05, 4.69) is 6.58 Å². The fraction of sp³-hybridized carbons (Fsp3) is 0.421. The summed E-state index contributed by atoms with van der Waals surface area (Å²) < 4.78 is 11.3. The van der Waals surface area contributed by atoms with E-state index < -0.39 is 11.0 Å². The van der Waals surface area contributed by atoms with Gasteiger partial charge < -0.3 is 14.3 Å². The minimum Gasteiger partial charge on any atom is -0.487 e. The van der Waals surface area contributed by atoms with E-state index in [1.54, 1.807) is 26.0 Å². The Labute approximate surface area is 135 Å². The van der Waals surface area contributed by atoms with Gasteiger partial charge in [0.25, 0.3) is 0 Å². The maximum Gasteiger partial charge on any atom is 0.340 e. The van der Waals surface area contributed by atoms with E-state index >= 15 is 0 Å². The maximum absolute atomic E-state index is 12.3. The van der Waals surface area contributed by atoms with E-state index in [4.69, 9.17) is 9.15 Å². The molecule has 1 aliphatic heterocycles. The summed E-state index contributed by atoms with van der Waals surface area (Å²) in [5.41, 5.74) is 0.342. The molecule has 2 aromatic rings. The van der Waals surface area contributed by atoms with Crippen LogP contribution in [0.4, 0.5) is 0 Å². The highest BCUT2D eigenvalue weighted by Crippen LogP contribution is 2.36. The second-order valence-corrected chi connectivity index (χ2v) is 7.34. The van der Waals surface area contributed by atoms with Crippen molar-refractivity contribution >= 4 is 11.0 Å². The second kappa shape index (κ2) is 4.96. The van der Waals surface area contributed by atoms with Crippen LogP contribution in [0.3, 0.4) is 0 Å². The molecular formula is C19H22O4. The third-order valence-electron chi connectivity index (χ3n) is 4.58. The Hall–Kier alpha value is -2.07. The molecule has 0 bridgehead atoms. The molecule has 1 N–H and O–H groups in total. The van der Waals surface area contributed by atoms with Gasteiger partial charge >= 0.3 is 5.63 Å². The molecule has 4 nitrogen and oxygen atoms in total. The standard InChI is InChI=1S/C19H22O4/c1-6-18(2,3)13-8-11-7-12-9-16(19(4,5)21)22-14(12)10-15(11)23-17(13)20/h6-8,10,16,21H,1,9H2,2-5H3/t16-/m1/s1. The van der Waals surface area contributed by atoms with Gasteiger partial charge in [-0.1, -0.05) is 19.9 Å². The summed E-state index contributed by atoms with van der Waals surface area (Å²) in [6.45, 7) is 11.1. The number of fused-ring (bicyclic) bond motifs is 2. The van der Waals surface area contributed by atoms with Gasteiger partial charge in [0.15, 0.2) is 0 Å². The highest BCUT2D eigenvalue weighted by Gasteiger charge is 2.35. The molecule has 0 unspecified atom stereocenters. The molecule has 0 saturated carbocycles. The largest absolute Gasteiger partial charge is 0.487 e. The Morgan fingerprint density at radius 1 is 1.26 bits per heavy atom. The molecule has 0 amide bonds. The Morgan fingerprint density at radius 2 is 1.96 bits per heavy atom. The lowest BCUT2D eigenvalue weighted by Crippen LogP contribution is -2.39. The fourth-order valence-corrected chi connectivity index (χ4v) is 2.81. The number of ether oxygens (including phenoxy) is 1. The summed E-state index contributed by atoms with van der Waals surface area (Å²) in [6.07, 6.45) is 2.07. The molecule has 0 saturated heterocycles. The smallest absolute Gasteiger partial charge is 0.340 e. The zero-order valence-electron chi connectivity index (χ0n) is 14.0. The first-order valence-electron chi connectivity index (χ1n) is 7.76. The molecule has 0 aliphatic carbocycles. The summed E-state index contributed by atoms with van der Waals surface area (Å²) in [5, 5.41) is 11.0. The molecule has 0 fully saturated rings. The number of hydrogen-bond donors (Lipinski definition) is 1. The van der Waals surface area contributed by atoms with Crippen LogP contribution in [0.15, 0.2) is 40.1 Å². The third kappa shape index (κ3) is 2.68. The molecule has 1 aromatic carbocycles. The summed E-state index contributed by atoms with van der Waals surface area (Å²) >= 11 is 0. The van der Waals surface area contributed by atoms with Gasteiger partial charge in [-0.25, -0.2) is 4.79 Å². The van der Waals surface area contributed by atoms with Crippen LogP contribution in [-0.2, 0) is 11.8 Å². The van der Waals surface area contributed by atoms with E-state index in [0.29, 0.717) is 23.3 Å². The predicted molar refractivity (Wildman–Crippen MR) is 90.1 cm³/mol. The lowest BCUT2D eigenvalue weighted by molar-refractivity contribution is -0.0229. The quantitative estimate of drug-likeness (QED) is 0.697. The van der Waals surface area contributed by atoms with Crippen molar-refractivity contribution in [2.45, 2.75) is 51.2 Å². The Kier molecular flexibility index (Phi) is 3.41. The molecule has 1 aliphatic rings. The van der Waals surface area contributed by atoms with Crippen LogP contribution in [0.5, 0.6) is 5.75 Å². The van der Waals surface area contributed by atoms with E-state index in [9.17, 15) is 9.90 Å². The second-order valence-electron chi connectivity index (χ2n) is 7.34. The van der Waals surface area contributed by atoms with Gasteiger partial charge in [-0.15, -0.1) is 6.58 Å². The van der Waals surface area contributed by atoms with E-state index in [0.717, 1.165) is 10.9 Å². The number of benzene rings is 1. The lowest BCUT2D eigenvalue weighted by Gasteiger charge is -2.24. The third-order valence-corrected chi connectivity index (χ3v) is 4.58. The van der Waals surface area contributed by atoms with Gasteiger partial charge in [0, 0.05) is 28.9 Å². The molecule has 2 heterocycles. The Balaban J connectivity index is 2.13.